The minimum atomic E-state index is -3.39. The molecule has 2 N–H and O–H groups in total. The molecule has 1 atom stereocenters. The van der Waals surface area contributed by atoms with E-state index in [0.717, 1.165) is 17.4 Å². The molecule has 0 spiro atoms. The zero-order valence-corrected chi connectivity index (χ0v) is 12.4. The number of hydrogen-bond donors (Lipinski definition) is 2. The van der Waals surface area contributed by atoms with Crippen molar-refractivity contribution in [1.29, 1.82) is 0 Å². The van der Waals surface area contributed by atoms with Gasteiger partial charge in [-0.3, -0.25) is 9.71 Å². The molecule has 6 heteroatoms. The van der Waals surface area contributed by atoms with Gasteiger partial charge in [0, 0.05) is 23.8 Å². The van der Waals surface area contributed by atoms with E-state index in [0.29, 0.717) is 12.2 Å². The Labute approximate surface area is 119 Å². The van der Waals surface area contributed by atoms with E-state index >= 15 is 0 Å². The SMILES string of the molecule is CCNCC(C)S(=O)(=O)Nc1ccc2ncccc2c1. The van der Waals surface area contributed by atoms with E-state index in [1.165, 1.54) is 0 Å². The number of anilines is 1. The first kappa shape index (κ1) is 14.7. The predicted octanol–water partition coefficient (Wildman–Crippen LogP) is 1.97. The zero-order chi connectivity index (χ0) is 14.6. The molecule has 0 aliphatic carbocycles. The highest BCUT2D eigenvalue weighted by atomic mass is 32.2. The molecule has 0 amide bonds. The number of rotatable bonds is 6. The van der Waals surface area contributed by atoms with Gasteiger partial charge in [-0.25, -0.2) is 8.42 Å². The summed E-state index contributed by atoms with van der Waals surface area (Å²) in [5, 5.41) is 3.46. The lowest BCUT2D eigenvalue weighted by Crippen LogP contribution is -2.34. The maximum absolute atomic E-state index is 12.2. The molecular formula is C14H19N3O2S. The summed E-state index contributed by atoms with van der Waals surface area (Å²) in [6, 6.07) is 9.06. The van der Waals surface area contributed by atoms with Crippen LogP contribution in [-0.2, 0) is 10.0 Å². The van der Waals surface area contributed by atoms with Crippen molar-refractivity contribution in [3.63, 3.8) is 0 Å². The Morgan fingerprint density at radius 2 is 2.10 bits per heavy atom. The fourth-order valence-electron chi connectivity index (χ4n) is 1.86. The van der Waals surface area contributed by atoms with Crippen LogP contribution in [0.5, 0.6) is 0 Å². The van der Waals surface area contributed by atoms with Crippen molar-refractivity contribution >= 4 is 26.6 Å². The van der Waals surface area contributed by atoms with E-state index in [9.17, 15) is 8.42 Å². The Bertz CT molecular complexity index is 686. The van der Waals surface area contributed by atoms with E-state index in [-0.39, 0.29) is 0 Å². The number of fused-ring (bicyclic) bond motifs is 1. The van der Waals surface area contributed by atoms with Crippen LogP contribution in [0.1, 0.15) is 13.8 Å². The minimum absolute atomic E-state index is 0.432. The second kappa shape index (κ2) is 6.19. The normalized spacial score (nSPS) is 13.3. The molecule has 1 aromatic heterocycles. The van der Waals surface area contributed by atoms with Gasteiger partial charge in [0.15, 0.2) is 0 Å². The van der Waals surface area contributed by atoms with Crippen LogP contribution >= 0.6 is 0 Å². The van der Waals surface area contributed by atoms with Crippen LogP contribution in [0.3, 0.4) is 0 Å². The summed E-state index contributed by atoms with van der Waals surface area (Å²) in [6.45, 7) is 4.82. The van der Waals surface area contributed by atoms with Crippen LogP contribution in [0.25, 0.3) is 10.9 Å². The summed E-state index contributed by atoms with van der Waals surface area (Å²) < 4.78 is 27.0. The van der Waals surface area contributed by atoms with E-state index < -0.39 is 15.3 Å². The van der Waals surface area contributed by atoms with E-state index in [2.05, 4.69) is 15.0 Å². The lowest BCUT2D eigenvalue weighted by Gasteiger charge is -2.15. The highest BCUT2D eigenvalue weighted by Crippen LogP contribution is 2.18. The summed E-state index contributed by atoms with van der Waals surface area (Å²) in [4.78, 5) is 4.21. The van der Waals surface area contributed by atoms with Crippen molar-refractivity contribution in [2.75, 3.05) is 17.8 Å². The van der Waals surface area contributed by atoms with Crippen molar-refractivity contribution in [1.82, 2.24) is 10.3 Å². The smallest absolute Gasteiger partial charge is 0.236 e. The standard InChI is InChI=1S/C14H19N3O2S/c1-3-15-10-11(2)20(18,19)17-13-6-7-14-12(9-13)5-4-8-16-14/h4-9,11,15,17H,3,10H2,1-2H3. The molecule has 2 aromatic rings. The first-order valence-corrected chi connectivity index (χ1v) is 8.14. The van der Waals surface area contributed by atoms with Gasteiger partial charge in [-0.15, -0.1) is 0 Å². The van der Waals surface area contributed by atoms with Crippen molar-refractivity contribution in [3.05, 3.63) is 36.5 Å². The largest absolute Gasteiger partial charge is 0.316 e. The van der Waals surface area contributed by atoms with Gasteiger partial charge in [0.2, 0.25) is 10.0 Å². The van der Waals surface area contributed by atoms with Gasteiger partial charge in [0.1, 0.15) is 0 Å². The summed E-state index contributed by atoms with van der Waals surface area (Å²) in [5.74, 6) is 0. The third-order valence-corrected chi connectivity index (χ3v) is 4.82. The predicted molar refractivity (Wildman–Crippen MR) is 82.3 cm³/mol. The molecule has 0 aliphatic heterocycles. The maximum atomic E-state index is 12.2. The molecule has 0 bridgehead atoms. The summed E-state index contributed by atoms with van der Waals surface area (Å²) in [6.07, 6.45) is 1.71. The van der Waals surface area contributed by atoms with Crippen molar-refractivity contribution in [2.45, 2.75) is 19.1 Å². The number of aromatic nitrogens is 1. The summed E-state index contributed by atoms with van der Waals surface area (Å²) in [7, 11) is -3.39. The Morgan fingerprint density at radius 1 is 1.30 bits per heavy atom. The topological polar surface area (TPSA) is 71.1 Å². The van der Waals surface area contributed by atoms with Gasteiger partial charge in [-0.1, -0.05) is 13.0 Å². The number of pyridine rings is 1. The number of sulfonamides is 1. The highest BCUT2D eigenvalue weighted by Gasteiger charge is 2.20. The Kier molecular flexibility index (Phi) is 4.57. The van der Waals surface area contributed by atoms with Crippen LogP contribution in [-0.4, -0.2) is 31.7 Å². The van der Waals surface area contributed by atoms with E-state index in [1.807, 2.05) is 25.1 Å². The Morgan fingerprint density at radius 3 is 2.85 bits per heavy atom. The van der Waals surface area contributed by atoms with Gasteiger partial charge in [-0.05, 0) is 37.7 Å². The van der Waals surface area contributed by atoms with Crippen molar-refractivity contribution in [3.8, 4) is 0 Å². The molecule has 0 saturated heterocycles. The molecule has 5 nitrogen and oxygen atoms in total. The molecule has 0 saturated carbocycles. The minimum Gasteiger partial charge on any atom is -0.316 e. The van der Waals surface area contributed by atoms with Gasteiger partial charge >= 0.3 is 0 Å². The zero-order valence-electron chi connectivity index (χ0n) is 11.6. The molecule has 0 radical (unpaired) electrons. The lowest BCUT2D eigenvalue weighted by molar-refractivity contribution is 0.579. The van der Waals surface area contributed by atoms with E-state index in [4.69, 9.17) is 0 Å². The molecule has 2 rings (SSSR count). The average Bonchev–Trinajstić information content (AvgIpc) is 2.44. The second-order valence-corrected chi connectivity index (χ2v) is 6.78. The third-order valence-electron chi connectivity index (χ3n) is 3.07. The van der Waals surface area contributed by atoms with Gasteiger partial charge in [-0.2, -0.15) is 0 Å². The summed E-state index contributed by atoms with van der Waals surface area (Å²) >= 11 is 0. The first-order chi connectivity index (χ1) is 9.53. The van der Waals surface area contributed by atoms with Gasteiger partial charge < -0.3 is 5.32 Å². The summed E-state index contributed by atoms with van der Waals surface area (Å²) in [5.41, 5.74) is 1.41. The van der Waals surface area contributed by atoms with Crippen molar-refractivity contribution < 1.29 is 8.42 Å². The quantitative estimate of drug-likeness (QED) is 0.854. The highest BCUT2D eigenvalue weighted by molar-refractivity contribution is 7.93. The molecule has 0 fully saturated rings. The molecular weight excluding hydrogens is 274 g/mol. The van der Waals surface area contributed by atoms with Crippen LogP contribution in [0, 0.1) is 0 Å². The third kappa shape index (κ3) is 3.46. The second-order valence-electron chi connectivity index (χ2n) is 4.68. The van der Waals surface area contributed by atoms with E-state index in [1.54, 1.807) is 25.3 Å². The maximum Gasteiger partial charge on any atom is 0.236 e. The number of nitrogens with one attached hydrogen (secondary N) is 2. The molecule has 1 heterocycles. The van der Waals surface area contributed by atoms with Crippen LogP contribution in [0.4, 0.5) is 5.69 Å². The Hall–Kier alpha value is -1.66. The van der Waals surface area contributed by atoms with Crippen LogP contribution in [0.2, 0.25) is 0 Å². The molecule has 1 aromatic carbocycles. The monoisotopic (exact) mass is 293 g/mol. The number of hydrogen-bond acceptors (Lipinski definition) is 4. The molecule has 20 heavy (non-hydrogen) atoms. The Balaban J connectivity index is 2.18. The van der Waals surface area contributed by atoms with Crippen LogP contribution in [0.15, 0.2) is 36.5 Å². The lowest BCUT2D eigenvalue weighted by atomic mass is 10.2. The fraction of sp³-hybridized carbons (Fsp3) is 0.357. The average molecular weight is 293 g/mol. The van der Waals surface area contributed by atoms with Crippen LogP contribution < -0.4 is 10.0 Å². The molecule has 1 unspecified atom stereocenters. The first-order valence-electron chi connectivity index (χ1n) is 6.60. The molecule has 0 aliphatic rings. The number of benzene rings is 1. The number of nitrogens with zero attached hydrogens (tertiary/aromatic N) is 1. The molecule has 108 valence electrons. The fourth-order valence-corrected chi connectivity index (χ4v) is 2.86. The van der Waals surface area contributed by atoms with Gasteiger partial charge in [0.25, 0.3) is 0 Å². The van der Waals surface area contributed by atoms with Crippen molar-refractivity contribution in [2.24, 2.45) is 0 Å². The van der Waals surface area contributed by atoms with Gasteiger partial charge in [0.05, 0.1) is 10.8 Å².